The fraction of sp³-hybridized carbons (Fsp3) is 0.133. The molecule has 2 nitrogen and oxygen atoms in total. The Morgan fingerprint density at radius 2 is 1.89 bits per heavy atom. The summed E-state index contributed by atoms with van der Waals surface area (Å²) >= 11 is 0. The Balaban J connectivity index is 2.36. The molecule has 0 aromatic heterocycles. The second-order valence-corrected chi connectivity index (χ2v) is 3.96. The monoisotopic (exact) mass is 244 g/mol. The van der Waals surface area contributed by atoms with Gasteiger partial charge in [-0.1, -0.05) is 30.3 Å². The molecule has 0 unspecified atom stereocenters. The molecule has 3 heteroatoms. The fourth-order valence-corrected chi connectivity index (χ4v) is 1.83. The molecular formula is C15H13FO2. The molecule has 0 aliphatic heterocycles. The Kier molecular flexibility index (Phi) is 3.72. The molecule has 2 rings (SSSR count). The van der Waals surface area contributed by atoms with Crippen LogP contribution in [0.4, 0.5) is 4.39 Å². The van der Waals surface area contributed by atoms with Crippen LogP contribution in [0.2, 0.25) is 0 Å². The van der Waals surface area contributed by atoms with Crippen molar-refractivity contribution in [1.82, 2.24) is 0 Å². The van der Waals surface area contributed by atoms with Gasteiger partial charge in [0.1, 0.15) is 5.82 Å². The van der Waals surface area contributed by atoms with Crippen LogP contribution in [0.15, 0.2) is 48.5 Å². The van der Waals surface area contributed by atoms with Gasteiger partial charge in [0.2, 0.25) is 0 Å². The van der Waals surface area contributed by atoms with Crippen LogP contribution < -0.4 is 0 Å². The topological polar surface area (TPSA) is 26.3 Å². The summed E-state index contributed by atoms with van der Waals surface area (Å²) in [7, 11) is 1.32. The molecule has 2 aromatic rings. The average molecular weight is 244 g/mol. The van der Waals surface area contributed by atoms with Crippen molar-refractivity contribution in [2.75, 3.05) is 7.11 Å². The van der Waals surface area contributed by atoms with Gasteiger partial charge in [-0.2, -0.15) is 0 Å². The lowest BCUT2D eigenvalue weighted by atomic mass is 9.99. The lowest BCUT2D eigenvalue weighted by Gasteiger charge is -2.08. The summed E-state index contributed by atoms with van der Waals surface area (Å²) in [5.41, 5.74) is 2.06. The smallest absolute Gasteiger partial charge is 0.338 e. The lowest BCUT2D eigenvalue weighted by molar-refractivity contribution is 0.0599. The van der Waals surface area contributed by atoms with Crippen molar-refractivity contribution in [3.05, 3.63) is 71.0 Å². The van der Waals surface area contributed by atoms with E-state index in [0.29, 0.717) is 17.5 Å². The highest BCUT2D eigenvalue weighted by Crippen LogP contribution is 2.17. The number of ether oxygens (including phenoxy) is 1. The van der Waals surface area contributed by atoms with E-state index in [9.17, 15) is 9.18 Å². The number of carbonyl (C=O) groups excluding carboxylic acids is 1. The molecule has 0 bridgehead atoms. The van der Waals surface area contributed by atoms with Crippen molar-refractivity contribution in [1.29, 1.82) is 0 Å². The SMILES string of the molecule is COC(=O)c1ccc(F)cc1Cc1ccccc1. The van der Waals surface area contributed by atoms with E-state index >= 15 is 0 Å². The van der Waals surface area contributed by atoms with Crippen molar-refractivity contribution >= 4 is 5.97 Å². The highest BCUT2D eigenvalue weighted by molar-refractivity contribution is 5.91. The van der Waals surface area contributed by atoms with Crippen molar-refractivity contribution < 1.29 is 13.9 Å². The van der Waals surface area contributed by atoms with Gasteiger partial charge in [-0.05, 0) is 35.7 Å². The van der Waals surface area contributed by atoms with Gasteiger partial charge in [-0.3, -0.25) is 0 Å². The van der Waals surface area contributed by atoms with Crippen molar-refractivity contribution in [2.24, 2.45) is 0 Å². The summed E-state index contributed by atoms with van der Waals surface area (Å²) in [6.07, 6.45) is 0.503. The quantitative estimate of drug-likeness (QED) is 0.775. The molecule has 0 fully saturated rings. The van der Waals surface area contributed by atoms with Crippen LogP contribution in [0.5, 0.6) is 0 Å². The first-order chi connectivity index (χ1) is 8.70. The number of carbonyl (C=O) groups is 1. The third kappa shape index (κ3) is 2.74. The van der Waals surface area contributed by atoms with Gasteiger partial charge in [-0.15, -0.1) is 0 Å². The van der Waals surface area contributed by atoms with E-state index in [1.54, 1.807) is 0 Å². The third-order valence-corrected chi connectivity index (χ3v) is 2.71. The second kappa shape index (κ2) is 5.45. The molecule has 0 aliphatic rings. The Labute approximate surface area is 105 Å². The van der Waals surface area contributed by atoms with E-state index < -0.39 is 5.97 Å². The zero-order valence-electron chi connectivity index (χ0n) is 10.0. The summed E-state index contributed by atoms with van der Waals surface area (Å²) < 4.78 is 18.0. The molecule has 92 valence electrons. The number of hydrogen-bond acceptors (Lipinski definition) is 2. The summed E-state index contributed by atoms with van der Waals surface area (Å²) in [5, 5.41) is 0. The van der Waals surface area contributed by atoms with Crippen LogP contribution in [0.1, 0.15) is 21.5 Å². The molecule has 0 atom stereocenters. The largest absolute Gasteiger partial charge is 0.465 e. The molecule has 0 radical (unpaired) electrons. The summed E-state index contributed by atoms with van der Waals surface area (Å²) in [4.78, 5) is 11.6. The third-order valence-electron chi connectivity index (χ3n) is 2.71. The minimum atomic E-state index is -0.444. The summed E-state index contributed by atoms with van der Waals surface area (Å²) in [6.45, 7) is 0. The van der Waals surface area contributed by atoms with Gasteiger partial charge in [0, 0.05) is 0 Å². The maximum absolute atomic E-state index is 13.3. The van der Waals surface area contributed by atoms with Crippen LogP contribution in [0.25, 0.3) is 0 Å². The van der Waals surface area contributed by atoms with Gasteiger partial charge >= 0.3 is 5.97 Å². The highest BCUT2D eigenvalue weighted by atomic mass is 19.1. The van der Waals surface area contributed by atoms with E-state index in [4.69, 9.17) is 4.74 Å². The predicted molar refractivity (Wildman–Crippen MR) is 67.0 cm³/mol. The zero-order valence-corrected chi connectivity index (χ0v) is 10.0. The van der Waals surface area contributed by atoms with Gasteiger partial charge < -0.3 is 4.74 Å². The van der Waals surface area contributed by atoms with Gasteiger partial charge in [0.25, 0.3) is 0 Å². The maximum atomic E-state index is 13.3. The van der Waals surface area contributed by atoms with E-state index in [1.807, 2.05) is 30.3 Å². The molecule has 0 aliphatic carbocycles. The van der Waals surface area contributed by atoms with Crippen LogP contribution in [-0.2, 0) is 11.2 Å². The molecule has 0 spiro atoms. The first kappa shape index (κ1) is 12.3. The predicted octanol–water partition coefficient (Wildman–Crippen LogP) is 3.20. The molecule has 0 saturated heterocycles. The van der Waals surface area contributed by atoms with Gasteiger partial charge in [0.15, 0.2) is 0 Å². The van der Waals surface area contributed by atoms with Crippen LogP contribution >= 0.6 is 0 Å². The van der Waals surface area contributed by atoms with Crippen LogP contribution in [0.3, 0.4) is 0 Å². The second-order valence-electron chi connectivity index (χ2n) is 3.96. The minimum Gasteiger partial charge on any atom is -0.465 e. The molecule has 0 N–H and O–H groups in total. The normalized spacial score (nSPS) is 10.1. The summed E-state index contributed by atoms with van der Waals surface area (Å²) in [5.74, 6) is -0.797. The molecule has 18 heavy (non-hydrogen) atoms. The number of esters is 1. The van der Waals surface area contributed by atoms with Crippen molar-refractivity contribution in [2.45, 2.75) is 6.42 Å². The summed E-state index contributed by atoms with van der Waals surface area (Å²) in [6, 6.07) is 13.7. The molecule has 2 aromatic carbocycles. The standard InChI is InChI=1S/C15H13FO2/c1-18-15(17)14-8-7-13(16)10-12(14)9-11-5-3-2-4-6-11/h2-8,10H,9H2,1H3. The first-order valence-corrected chi connectivity index (χ1v) is 5.61. The average Bonchev–Trinajstić information content (AvgIpc) is 2.39. The fourth-order valence-electron chi connectivity index (χ4n) is 1.83. The number of rotatable bonds is 3. The first-order valence-electron chi connectivity index (χ1n) is 5.61. The molecule has 0 amide bonds. The Morgan fingerprint density at radius 1 is 1.17 bits per heavy atom. The van der Waals surface area contributed by atoms with Gasteiger partial charge in [-0.25, -0.2) is 9.18 Å². The van der Waals surface area contributed by atoms with E-state index in [-0.39, 0.29) is 5.82 Å². The molecule has 0 saturated carbocycles. The van der Waals surface area contributed by atoms with Crippen LogP contribution in [-0.4, -0.2) is 13.1 Å². The molecule has 0 heterocycles. The van der Waals surface area contributed by atoms with Crippen molar-refractivity contribution in [3.63, 3.8) is 0 Å². The Hall–Kier alpha value is -2.16. The maximum Gasteiger partial charge on any atom is 0.338 e. The van der Waals surface area contributed by atoms with Gasteiger partial charge in [0.05, 0.1) is 12.7 Å². The Bertz CT molecular complexity index is 550. The van der Waals surface area contributed by atoms with E-state index in [0.717, 1.165) is 5.56 Å². The van der Waals surface area contributed by atoms with E-state index in [2.05, 4.69) is 0 Å². The van der Waals surface area contributed by atoms with Crippen LogP contribution in [0, 0.1) is 5.82 Å². The number of benzene rings is 2. The zero-order chi connectivity index (χ0) is 13.0. The molecular weight excluding hydrogens is 231 g/mol. The van der Waals surface area contributed by atoms with Crippen molar-refractivity contribution in [3.8, 4) is 0 Å². The number of methoxy groups -OCH3 is 1. The Morgan fingerprint density at radius 3 is 2.56 bits per heavy atom. The highest BCUT2D eigenvalue weighted by Gasteiger charge is 2.12. The number of hydrogen-bond donors (Lipinski definition) is 0. The minimum absolute atomic E-state index is 0.353. The number of halogens is 1. The van der Waals surface area contributed by atoms with E-state index in [1.165, 1.54) is 25.3 Å². The lowest BCUT2D eigenvalue weighted by Crippen LogP contribution is -2.06.